The fourth-order valence-corrected chi connectivity index (χ4v) is 3.78. The zero-order chi connectivity index (χ0) is 19.1. The van der Waals surface area contributed by atoms with Gasteiger partial charge in [0.25, 0.3) is 5.91 Å². The number of fused-ring (bicyclic) bond motifs is 2. The number of amides is 1. The van der Waals surface area contributed by atoms with Crippen LogP contribution in [0.1, 0.15) is 67.7 Å². The first-order valence-electron chi connectivity index (χ1n) is 9.75. The summed E-state index contributed by atoms with van der Waals surface area (Å²) in [5.74, 6) is 0.282. The summed E-state index contributed by atoms with van der Waals surface area (Å²) in [6, 6.07) is 10.4. The Kier molecular flexibility index (Phi) is 4.46. The number of carbonyl (C=O) groups excluding carboxylic acids is 1. The second kappa shape index (κ2) is 6.80. The Bertz CT molecular complexity index is 1000. The number of hydrogen-bond donors (Lipinski definition) is 0. The van der Waals surface area contributed by atoms with Crippen LogP contribution in [-0.2, 0) is 6.42 Å². The van der Waals surface area contributed by atoms with E-state index < -0.39 is 0 Å². The third-order valence-electron chi connectivity index (χ3n) is 5.25. The molecule has 5 nitrogen and oxygen atoms in total. The first-order chi connectivity index (χ1) is 13.0. The van der Waals surface area contributed by atoms with Crippen molar-refractivity contribution >= 4 is 22.6 Å². The predicted octanol–water partition coefficient (Wildman–Crippen LogP) is 4.73. The maximum atomic E-state index is 13.6. The van der Waals surface area contributed by atoms with Gasteiger partial charge in [0, 0.05) is 24.0 Å². The molecule has 0 atom stereocenters. The molecule has 0 bridgehead atoms. The van der Waals surface area contributed by atoms with Gasteiger partial charge in [-0.1, -0.05) is 32.0 Å². The number of pyridine rings is 1. The highest BCUT2D eigenvalue weighted by molar-refractivity contribution is 6.13. The molecule has 1 amide bonds. The molecule has 3 heterocycles. The summed E-state index contributed by atoms with van der Waals surface area (Å²) in [4.78, 5) is 20.3. The number of anilines is 1. The minimum Gasteiger partial charge on any atom is -0.308 e. The maximum absolute atomic E-state index is 13.6. The van der Waals surface area contributed by atoms with Crippen LogP contribution < -0.4 is 4.90 Å². The van der Waals surface area contributed by atoms with Gasteiger partial charge in [-0.25, -0.2) is 9.67 Å². The first kappa shape index (κ1) is 17.7. The summed E-state index contributed by atoms with van der Waals surface area (Å²) in [5, 5.41) is 5.35. The molecule has 0 unspecified atom stereocenters. The Balaban J connectivity index is 1.87. The van der Waals surface area contributed by atoms with Crippen LogP contribution in [0.25, 0.3) is 11.0 Å². The summed E-state index contributed by atoms with van der Waals surface area (Å²) in [7, 11) is 0. The standard InChI is InChI=1S/C22H26N4O/c1-14(2)19-12-17(18-13-23-26(15(3)4)21(18)24-19)22(27)25-11-7-9-16-8-5-6-10-20(16)25/h5-6,8,10,12-15H,7,9,11H2,1-4H3. The van der Waals surface area contributed by atoms with Gasteiger partial charge in [0.05, 0.1) is 17.1 Å². The van der Waals surface area contributed by atoms with Crippen molar-refractivity contribution in [2.45, 2.75) is 52.5 Å². The van der Waals surface area contributed by atoms with Crippen molar-refractivity contribution in [3.05, 3.63) is 53.3 Å². The fraction of sp³-hybridized carbons (Fsp3) is 0.409. The highest BCUT2D eigenvalue weighted by atomic mass is 16.2. The molecule has 1 aliphatic heterocycles. The molecule has 5 heteroatoms. The Labute approximate surface area is 160 Å². The number of aromatic nitrogens is 3. The molecule has 1 aromatic carbocycles. The second-order valence-electron chi connectivity index (χ2n) is 7.86. The van der Waals surface area contributed by atoms with Gasteiger partial charge in [0.15, 0.2) is 5.65 Å². The monoisotopic (exact) mass is 362 g/mol. The Morgan fingerprint density at radius 1 is 1.15 bits per heavy atom. The van der Waals surface area contributed by atoms with Crippen molar-refractivity contribution in [1.82, 2.24) is 14.8 Å². The van der Waals surface area contributed by atoms with Crippen molar-refractivity contribution in [2.24, 2.45) is 0 Å². The van der Waals surface area contributed by atoms with Crippen molar-refractivity contribution in [2.75, 3.05) is 11.4 Å². The molecule has 27 heavy (non-hydrogen) atoms. The van der Waals surface area contributed by atoms with Crippen LogP contribution in [0.15, 0.2) is 36.5 Å². The largest absolute Gasteiger partial charge is 0.308 e. The molecule has 0 spiro atoms. The number of benzene rings is 1. The van der Waals surface area contributed by atoms with Crippen LogP contribution >= 0.6 is 0 Å². The molecule has 4 rings (SSSR count). The number of para-hydroxylation sites is 1. The lowest BCUT2D eigenvalue weighted by atomic mass is 9.99. The van der Waals surface area contributed by atoms with E-state index in [1.807, 2.05) is 33.8 Å². The van der Waals surface area contributed by atoms with E-state index in [9.17, 15) is 4.79 Å². The quantitative estimate of drug-likeness (QED) is 0.677. The molecular formula is C22H26N4O. The van der Waals surface area contributed by atoms with Gasteiger partial charge in [-0.2, -0.15) is 5.10 Å². The van der Waals surface area contributed by atoms with E-state index in [-0.39, 0.29) is 17.9 Å². The third kappa shape index (κ3) is 3.01. The van der Waals surface area contributed by atoms with Crippen LogP contribution in [-0.4, -0.2) is 27.2 Å². The van der Waals surface area contributed by atoms with Crippen LogP contribution in [0.2, 0.25) is 0 Å². The van der Waals surface area contributed by atoms with Gasteiger partial charge in [0.1, 0.15) is 0 Å². The van der Waals surface area contributed by atoms with Crippen LogP contribution in [0.5, 0.6) is 0 Å². The zero-order valence-electron chi connectivity index (χ0n) is 16.4. The van der Waals surface area contributed by atoms with Gasteiger partial charge < -0.3 is 4.90 Å². The topological polar surface area (TPSA) is 51.0 Å². The van der Waals surface area contributed by atoms with E-state index in [0.717, 1.165) is 41.8 Å². The van der Waals surface area contributed by atoms with Gasteiger partial charge in [-0.05, 0) is 50.3 Å². The molecule has 2 aromatic heterocycles. The lowest BCUT2D eigenvalue weighted by Crippen LogP contribution is -2.35. The van der Waals surface area contributed by atoms with Crippen molar-refractivity contribution < 1.29 is 4.79 Å². The predicted molar refractivity (Wildman–Crippen MR) is 108 cm³/mol. The molecule has 140 valence electrons. The Morgan fingerprint density at radius 2 is 1.93 bits per heavy atom. The van der Waals surface area contributed by atoms with Crippen molar-refractivity contribution in [3.8, 4) is 0 Å². The zero-order valence-corrected chi connectivity index (χ0v) is 16.4. The Hall–Kier alpha value is -2.69. The highest BCUT2D eigenvalue weighted by Gasteiger charge is 2.26. The van der Waals surface area contributed by atoms with E-state index in [4.69, 9.17) is 4.98 Å². The van der Waals surface area contributed by atoms with Crippen LogP contribution in [0, 0.1) is 0 Å². The fourth-order valence-electron chi connectivity index (χ4n) is 3.78. The number of rotatable bonds is 3. The van der Waals surface area contributed by atoms with E-state index in [0.29, 0.717) is 5.56 Å². The van der Waals surface area contributed by atoms with Gasteiger partial charge in [-0.15, -0.1) is 0 Å². The first-order valence-corrected chi connectivity index (χ1v) is 9.75. The van der Waals surface area contributed by atoms with E-state index >= 15 is 0 Å². The summed E-state index contributed by atoms with van der Waals surface area (Å²) in [6.07, 6.45) is 3.79. The molecule has 0 saturated carbocycles. The lowest BCUT2D eigenvalue weighted by Gasteiger charge is -2.29. The second-order valence-corrected chi connectivity index (χ2v) is 7.86. The van der Waals surface area contributed by atoms with Gasteiger partial charge in [0.2, 0.25) is 0 Å². The summed E-state index contributed by atoms with van der Waals surface area (Å²) < 4.78 is 1.90. The number of hydrogen-bond acceptors (Lipinski definition) is 3. The minimum atomic E-state index is 0.0414. The molecular weight excluding hydrogens is 336 g/mol. The average molecular weight is 362 g/mol. The normalized spacial score (nSPS) is 14.2. The van der Waals surface area contributed by atoms with Gasteiger partial charge in [-0.3, -0.25) is 4.79 Å². The maximum Gasteiger partial charge on any atom is 0.259 e. The van der Waals surface area contributed by atoms with Gasteiger partial charge >= 0.3 is 0 Å². The average Bonchev–Trinajstić information content (AvgIpc) is 3.10. The van der Waals surface area contributed by atoms with E-state index in [2.05, 4.69) is 38.9 Å². The van der Waals surface area contributed by atoms with E-state index in [1.54, 1.807) is 6.20 Å². The number of carbonyl (C=O) groups is 1. The molecule has 0 aliphatic carbocycles. The molecule has 0 N–H and O–H groups in total. The molecule has 0 fully saturated rings. The number of aryl methyl sites for hydroxylation is 1. The molecule has 0 saturated heterocycles. The number of nitrogens with zero attached hydrogens (tertiary/aromatic N) is 4. The lowest BCUT2D eigenvalue weighted by molar-refractivity contribution is 0.0986. The minimum absolute atomic E-state index is 0.0414. The molecule has 3 aromatic rings. The molecule has 1 aliphatic rings. The SMILES string of the molecule is CC(C)c1cc(C(=O)N2CCCc3ccccc32)c2cnn(C(C)C)c2n1. The summed E-state index contributed by atoms with van der Waals surface area (Å²) in [5.41, 5.74) is 4.70. The molecule has 0 radical (unpaired) electrons. The van der Waals surface area contributed by atoms with Crippen molar-refractivity contribution in [3.63, 3.8) is 0 Å². The highest BCUT2D eigenvalue weighted by Crippen LogP contribution is 2.31. The van der Waals surface area contributed by atoms with Crippen LogP contribution in [0.3, 0.4) is 0 Å². The van der Waals surface area contributed by atoms with Crippen molar-refractivity contribution in [1.29, 1.82) is 0 Å². The van der Waals surface area contributed by atoms with E-state index in [1.165, 1.54) is 5.56 Å². The third-order valence-corrected chi connectivity index (χ3v) is 5.25. The smallest absolute Gasteiger partial charge is 0.259 e. The summed E-state index contributed by atoms with van der Waals surface area (Å²) in [6.45, 7) is 9.12. The Morgan fingerprint density at radius 3 is 2.67 bits per heavy atom. The summed E-state index contributed by atoms with van der Waals surface area (Å²) >= 11 is 0. The van der Waals surface area contributed by atoms with Crippen LogP contribution in [0.4, 0.5) is 5.69 Å².